The average Bonchev–Trinajstić information content (AvgIpc) is 2.77. The molecule has 0 aliphatic rings. The van der Waals surface area contributed by atoms with Crippen molar-refractivity contribution in [3.05, 3.63) is 89.4 Å². The standard InChI is InChI=1S/C23H23ClN2O4S/c1-2-30-23(27)16-25-20-13-19(24)14-22(15-20)31(28,29)26(21-11-7-4-8-12-21)17-18-9-5-3-6-10-18/h3-15,25H,2,16-17H2,1H3. The minimum atomic E-state index is -3.95. The van der Waals surface area contributed by atoms with Gasteiger partial charge in [0.15, 0.2) is 0 Å². The highest BCUT2D eigenvalue weighted by molar-refractivity contribution is 7.92. The van der Waals surface area contributed by atoms with Crippen molar-refractivity contribution in [1.82, 2.24) is 0 Å². The van der Waals surface area contributed by atoms with Crippen LogP contribution in [0, 0.1) is 0 Å². The zero-order valence-electron chi connectivity index (χ0n) is 17.0. The number of rotatable bonds is 9. The van der Waals surface area contributed by atoms with Crippen LogP contribution in [0.1, 0.15) is 12.5 Å². The number of hydrogen-bond donors (Lipinski definition) is 1. The first kappa shape index (κ1) is 22.7. The van der Waals surface area contributed by atoms with Crippen LogP contribution in [0.4, 0.5) is 11.4 Å². The molecule has 0 heterocycles. The number of nitrogens with one attached hydrogen (secondary N) is 1. The van der Waals surface area contributed by atoms with Crippen molar-refractivity contribution in [3.8, 4) is 0 Å². The molecule has 6 nitrogen and oxygen atoms in total. The molecular weight excluding hydrogens is 436 g/mol. The number of carbonyl (C=O) groups excluding carboxylic acids is 1. The van der Waals surface area contributed by atoms with Crippen molar-refractivity contribution in [3.63, 3.8) is 0 Å². The van der Waals surface area contributed by atoms with Crippen LogP contribution in [0.25, 0.3) is 0 Å². The molecule has 0 bridgehead atoms. The quantitative estimate of drug-likeness (QED) is 0.470. The Balaban J connectivity index is 1.96. The SMILES string of the molecule is CCOC(=O)CNc1cc(Cl)cc(S(=O)(=O)N(Cc2ccccc2)c2ccccc2)c1. The Hall–Kier alpha value is -3.03. The van der Waals surface area contributed by atoms with Gasteiger partial charge in [-0.15, -0.1) is 0 Å². The van der Waals surface area contributed by atoms with Crippen LogP contribution >= 0.6 is 11.6 Å². The fourth-order valence-electron chi connectivity index (χ4n) is 2.99. The second kappa shape index (κ2) is 10.3. The summed E-state index contributed by atoms with van der Waals surface area (Å²) in [5.41, 5.74) is 1.79. The minimum absolute atomic E-state index is 0.0196. The Morgan fingerprint density at radius 1 is 1.00 bits per heavy atom. The Morgan fingerprint density at radius 3 is 2.29 bits per heavy atom. The normalized spacial score (nSPS) is 11.0. The van der Waals surface area contributed by atoms with Crippen molar-refractivity contribution in [1.29, 1.82) is 0 Å². The van der Waals surface area contributed by atoms with E-state index >= 15 is 0 Å². The predicted molar refractivity (Wildman–Crippen MR) is 123 cm³/mol. The molecule has 8 heteroatoms. The number of hydrogen-bond acceptors (Lipinski definition) is 5. The summed E-state index contributed by atoms with van der Waals surface area (Å²) in [5.74, 6) is -0.443. The fraction of sp³-hybridized carbons (Fsp3) is 0.174. The maximum Gasteiger partial charge on any atom is 0.325 e. The fourth-order valence-corrected chi connectivity index (χ4v) is 4.81. The Morgan fingerprint density at radius 2 is 1.65 bits per heavy atom. The van der Waals surface area contributed by atoms with Gasteiger partial charge < -0.3 is 10.1 Å². The topological polar surface area (TPSA) is 75.7 Å². The number of ether oxygens (including phenoxy) is 1. The van der Waals surface area contributed by atoms with E-state index in [9.17, 15) is 13.2 Å². The lowest BCUT2D eigenvalue weighted by molar-refractivity contribution is -0.140. The number of nitrogens with zero attached hydrogens (tertiary/aromatic N) is 1. The molecule has 162 valence electrons. The molecule has 3 aromatic rings. The van der Waals surface area contributed by atoms with Gasteiger partial charge in [0.1, 0.15) is 6.54 Å². The molecule has 0 aliphatic carbocycles. The van der Waals surface area contributed by atoms with Crippen LogP contribution in [0.15, 0.2) is 83.8 Å². The van der Waals surface area contributed by atoms with Crippen LogP contribution in [0.5, 0.6) is 0 Å². The van der Waals surface area contributed by atoms with Gasteiger partial charge in [0.2, 0.25) is 0 Å². The molecule has 0 saturated carbocycles. The van der Waals surface area contributed by atoms with Crippen LogP contribution in [0.2, 0.25) is 5.02 Å². The van der Waals surface area contributed by atoms with Crippen molar-refractivity contribution in [2.24, 2.45) is 0 Å². The lowest BCUT2D eigenvalue weighted by atomic mass is 10.2. The average molecular weight is 459 g/mol. The molecule has 1 N–H and O–H groups in total. The molecule has 31 heavy (non-hydrogen) atoms. The first-order valence-electron chi connectivity index (χ1n) is 9.72. The van der Waals surface area contributed by atoms with E-state index in [1.807, 2.05) is 36.4 Å². The van der Waals surface area contributed by atoms with Gasteiger partial charge in [0, 0.05) is 10.7 Å². The third-order valence-corrected chi connectivity index (χ3v) is 6.38. The van der Waals surface area contributed by atoms with E-state index in [0.29, 0.717) is 11.4 Å². The molecule has 0 saturated heterocycles. The molecule has 3 aromatic carbocycles. The van der Waals surface area contributed by atoms with Gasteiger partial charge in [0.05, 0.1) is 23.7 Å². The number of esters is 1. The molecular formula is C23H23ClN2O4S. The van der Waals surface area contributed by atoms with Gasteiger partial charge in [-0.3, -0.25) is 9.10 Å². The number of anilines is 2. The zero-order chi connectivity index (χ0) is 22.3. The van der Waals surface area contributed by atoms with Crippen LogP contribution in [-0.4, -0.2) is 27.5 Å². The molecule has 0 spiro atoms. The Bertz CT molecular complexity index is 1120. The second-order valence-electron chi connectivity index (χ2n) is 6.67. The monoisotopic (exact) mass is 458 g/mol. The zero-order valence-corrected chi connectivity index (χ0v) is 18.6. The number of sulfonamides is 1. The van der Waals surface area contributed by atoms with E-state index in [-0.39, 0.29) is 29.6 Å². The van der Waals surface area contributed by atoms with E-state index in [4.69, 9.17) is 16.3 Å². The van der Waals surface area contributed by atoms with Crippen molar-refractivity contribution < 1.29 is 17.9 Å². The summed E-state index contributed by atoms with van der Waals surface area (Å²) >= 11 is 6.20. The Kier molecular flexibility index (Phi) is 7.55. The second-order valence-corrected chi connectivity index (χ2v) is 8.97. The molecule has 0 radical (unpaired) electrons. The van der Waals surface area contributed by atoms with E-state index in [1.165, 1.54) is 16.4 Å². The van der Waals surface area contributed by atoms with E-state index in [1.54, 1.807) is 37.3 Å². The van der Waals surface area contributed by atoms with Gasteiger partial charge in [-0.2, -0.15) is 0 Å². The third-order valence-electron chi connectivity index (χ3n) is 4.41. The lowest BCUT2D eigenvalue weighted by Crippen LogP contribution is -2.30. The van der Waals surface area contributed by atoms with Crippen LogP contribution < -0.4 is 9.62 Å². The van der Waals surface area contributed by atoms with Crippen molar-refractivity contribution in [2.45, 2.75) is 18.4 Å². The van der Waals surface area contributed by atoms with Crippen molar-refractivity contribution >= 4 is 39.0 Å². The smallest absolute Gasteiger partial charge is 0.325 e. The molecule has 0 aromatic heterocycles. The van der Waals surface area contributed by atoms with E-state index in [2.05, 4.69) is 5.32 Å². The summed E-state index contributed by atoms with van der Waals surface area (Å²) in [4.78, 5) is 11.7. The maximum absolute atomic E-state index is 13.6. The first-order valence-corrected chi connectivity index (χ1v) is 11.5. The Labute approximate surface area is 187 Å². The first-order chi connectivity index (χ1) is 14.9. The van der Waals surface area contributed by atoms with Crippen LogP contribution in [-0.2, 0) is 26.1 Å². The number of halogens is 1. The third kappa shape index (κ3) is 5.99. The van der Waals surface area contributed by atoms with E-state index < -0.39 is 16.0 Å². The maximum atomic E-state index is 13.6. The van der Waals surface area contributed by atoms with Crippen LogP contribution in [0.3, 0.4) is 0 Å². The highest BCUT2D eigenvalue weighted by atomic mass is 35.5. The number of benzene rings is 3. The summed E-state index contributed by atoms with van der Waals surface area (Å²) in [7, 11) is -3.95. The van der Waals surface area contributed by atoms with Gasteiger partial charge in [-0.1, -0.05) is 60.1 Å². The number of para-hydroxylation sites is 1. The number of carbonyl (C=O) groups is 1. The highest BCUT2D eigenvalue weighted by Gasteiger charge is 2.26. The van der Waals surface area contributed by atoms with Gasteiger partial charge in [-0.25, -0.2) is 8.42 Å². The summed E-state index contributed by atoms with van der Waals surface area (Å²) < 4.78 is 33.5. The molecule has 0 unspecified atom stereocenters. The van der Waals surface area contributed by atoms with E-state index in [0.717, 1.165) is 5.56 Å². The van der Waals surface area contributed by atoms with Gasteiger partial charge >= 0.3 is 5.97 Å². The summed E-state index contributed by atoms with van der Waals surface area (Å²) in [6, 6.07) is 22.6. The minimum Gasteiger partial charge on any atom is -0.465 e. The molecule has 3 rings (SSSR count). The summed E-state index contributed by atoms with van der Waals surface area (Å²) in [5, 5.41) is 3.11. The summed E-state index contributed by atoms with van der Waals surface area (Å²) in [6.45, 7) is 2.04. The molecule has 0 aliphatic heterocycles. The molecule has 0 amide bonds. The largest absolute Gasteiger partial charge is 0.465 e. The lowest BCUT2D eigenvalue weighted by Gasteiger charge is -2.25. The molecule has 0 fully saturated rings. The van der Waals surface area contributed by atoms with Crippen molar-refractivity contribution in [2.75, 3.05) is 22.8 Å². The predicted octanol–water partition coefficient (Wildman–Crippen LogP) is 4.71. The molecule has 0 atom stereocenters. The van der Waals surface area contributed by atoms with Gasteiger partial charge in [-0.05, 0) is 42.8 Å². The van der Waals surface area contributed by atoms with Gasteiger partial charge in [0.25, 0.3) is 10.0 Å². The summed E-state index contributed by atoms with van der Waals surface area (Å²) in [6.07, 6.45) is 0. The highest BCUT2D eigenvalue weighted by Crippen LogP contribution is 2.29.